The lowest BCUT2D eigenvalue weighted by atomic mass is 9.79. The Hall–Kier alpha value is -0.460. The van der Waals surface area contributed by atoms with Crippen molar-refractivity contribution in [2.24, 2.45) is 11.8 Å². The molecule has 0 N–H and O–H groups in total. The molecule has 0 radical (unpaired) electrons. The Kier molecular flexibility index (Phi) is 2.12. The van der Waals surface area contributed by atoms with Crippen LogP contribution in [0.25, 0.3) is 0 Å². The van der Waals surface area contributed by atoms with Gasteiger partial charge in [0.1, 0.15) is 0 Å². The lowest BCUT2D eigenvalue weighted by Gasteiger charge is -2.33. The molecule has 0 saturated heterocycles. The Bertz CT molecular complexity index is 205. The Morgan fingerprint density at radius 3 is 3.00 bits per heavy atom. The van der Waals surface area contributed by atoms with Crippen molar-refractivity contribution in [2.75, 3.05) is 6.61 Å². The van der Waals surface area contributed by atoms with E-state index in [1.54, 1.807) is 5.57 Å². The summed E-state index contributed by atoms with van der Waals surface area (Å²) in [6, 6.07) is 0. The molecule has 0 fully saturated rings. The maximum absolute atomic E-state index is 5.70. The quantitative estimate of drug-likeness (QED) is 0.537. The molecule has 68 valence electrons. The van der Waals surface area contributed by atoms with Gasteiger partial charge in [-0.25, -0.2) is 0 Å². The van der Waals surface area contributed by atoms with Crippen LogP contribution in [0.4, 0.5) is 0 Å². The summed E-state index contributed by atoms with van der Waals surface area (Å²) >= 11 is 0. The van der Waals surface area contributed by atoms with Crippen LogP contribution in [-0.2, 0) is 4.74 Å². The highest BCUT2D eigenvalue weighted by Crippen LogP contribution is 2.38. The van der Waals surface area contributed by atoms with Crippen molar-refractivity contribution in [3.8, 4) is 0 Å². The maximum Gasteiger partial charge on any atom is 0.0957 e. The van der Waals surface area contributed by atoms with Crippen LogP contribution in [-0.4, -0.2) is 6.61 Å². The van der Waals surface area contributed by atoms with Crippen LogP contribution in [0, 0.1) is 11.8 Å². The monoisotopic (exact) mass is 166 g/mol. The topological polar surface area (TPSA) is 9.23 Å². The van der Waals surface area contributed by atoms with E-state index in [9.17, 15) is 0 Å². The van der Waals surface area contributed by atoms with Gasteiger partial charge in [-0.05, 0) is 36.7 Å². The van der Waals surface area contributed by atoms with Crippen molar-refractivity contribution in [1.82, 2.24) is 0 Å². The summed E-state index contributed by atoms with van der Waals surface area (Å²) in [7, 11) is 0. The van der Waals surface area contributed by atoms with Gasteiger partial charge in [0.15, 0.2) is 0 Å². The van der Waals surface area contributed by atoms with Gasteiger partial charge in [-0.1, -0.05) is 13.8 Å². The van der Waals surface area contributed by atoms with E-state index in [1.165, 1.54) is 31.4 Å². The molecule has 0 amide bonds. The predicted molar refractivity (Wildman–Crippen MR) is 49.8 cm³/mol. The second kappa shape index (κ2) is 3.12. The fourth-order valence-corrected chi connectivity index (χ4v) is 2.55. The summed E-state index contributed by atoms with van der Waals surface area (Å²) in [5.74, 6) is 2.95. The smallest absolute Gasteiger partial charge is 0.0957 e. The summed E-state index contributed by atoms with van der Waals surface area (Å²) < 4.78 is 5.70. The van der Waals surface area contributed by atoms with Gasteiger partial charge in [-0.3, -0.25) is 0 Å². The van der Waals surface area contributed by atoms with Crippen LogP contribution in [0.1, 0.15) is 39.5 Å². The van der Waals surface area contributed by atoms with Crippen molar-refractivity contribution >= 4 is 0 Å². The molecule has 2 rings (SSSR count). The average molecular weight is 166 g/mol. The number of ether oxygens (including phenoxy) is 1. The van der Waals surface area contributed by atoms with Crippen molar-refractivity contribution in [1.29, 1.82) is 0 Å². The second-order valence-corrected chi connectivity index (χ2v) is 4.35. The van der Waals surface area contributed by atoms with Gasteiger partial charge in [-0.2, -0.15) is 0 Å². The maximum atomic E-state index is 5.70. The molecule has 1 nitrogen and oxygen atoms in total. The van der Waals surface area contributed by atoms with Crippen LogP contribution >= 0.6 is 0 Å². The van der Waals surface area contributed by atoms with Crippen molar-refractivity contribution in [2.45, 2.75) is 39.5 Å². The molecule has 0 aromatic carbocycles. The lowest BCUT2D eigenvalue weighted by Crippen LogP contribution is -2.20. The molecule has 0 aromatic heterocycles. The highest BCUT2D eigenvalue weighted by Gasteiger charge is 2.26. The van der Waals surface area contributed by atoms with E-state index >= 15 is 0 Å². The fourth-order valence-electron chi connectivity index (χ4n) is 2.55. The molecule has 0 spiro atoms. The molecule has 0 aromatic rings. The SMILES string of the molecule is CC1CC2=C(CCCO2)C(C)C1. The number of hydrogen-bond donors (Lipinski definition) is 0. The molecule has 2 aliphatic rings. The first-order valence-corrected chi connectivity index (χ1v) is 5.12. The van der Waals surface area contributed by atoms with E-state index in [-0.39, 0.29) is 0 Å². The van der Waals surface area contributed by atoms with Gasteiger partial charge in [-0.15, -0.1) is 0 Å². The van der Waals surface area contributed by atoms with Gasteiger partial charge < -0.3 is 4.74 Å². The minimum absolute atomic E-state index is 0.782. The van der Waals surface area contributed by atoms with E-state index in [0.717, 1.165) is 18.4 Å². The third-order valence-electron chi connectivity index (χ3n) is 3.11. The molecule has 12 heavy (non-hydrogen) atoms. The van der Waals surface area contributed by atoms with Gasteiger partial charge >= 0.3 is 0 Å². The molecule has 0 bridgehead atoms. The summed E-state index contributed by atoms with van der Waals surface area (Å²) in [5, 5.41) is 0. The van der Waals surface area contributed by atoms with Gasteiger partial charge in [0.05, 0.1) is 12.4 Å². The Labute approximate surface area is 74.8 Å². The van der Waals surface area contributed by atoms with E-state index in [1.807, 2.05) is 0 Å². The van der Waals surface area contributed by atoms with Crippen molar-refractivity contribution in [3.63, 3.8) is 0 Å². The molecular weight excluding hydrogens is 148 g/mol. The van der Waals surface area contributed by atoms with E-state index in [4.69, 9.17) is 4.74 Å². The summed E-state index contributed by atoms with van der Waals surface area (Å²) in [6.07, 6.45) is 5.09. The Morgan fingerprint density at radius 2 is 2.17 bits per heavy atom. The highest BCUT2D eigenvalue weighted by atomic mass is 16.5. The molecule has 0 saturated carbocycles. The standard InChI is InChI=1S/C11H18O/c1-8-6-9(2)10-4-3-5-12-11(10)7-8/h8-9H,3-7H2,1-2H3. The van der Waals surface area contributed by atoms with Crippen molar-refractivity contribution < 1.29 is 4.74 Å². The molecule has 1 heterocycles. The van der Waals surface area contributed by atoms with E-state index in [2.05, 4.69) is 13.8 Å². The zero-order valence-electron chi connectivity index (χ0n) is 8.10. The van der Waals surface area contributed by atoms with Crippen LogP contribution in [0.3, 0.4) is 0 Å². The van der Waals surface area contributed by atoms with Gasteiger partial charge in [0.2, 0.25) is 0 Å². The van der Waals surface area contributed by atoms with Crippen LogP contribution < -0.4 is 0 Å². The van der Waals surface area contributed by atoms with Crippen molar-refractivity contribution in [3.05, 3.63) is 11.3 Å². The third kappa shape index (κ3) is 1.37. The molecule has 1 aliphatic heterocycles. The highest BCUT2D eigenvalue weighted by molar-refractivity contribution is 5.17. The predicted octanol–water partition coefficient (Wildman–Crippen LogP) is 3.12. The zero-order valence-corrected chi connectivity index (χ0v) is 8.10. The minimum Gasteiger partial charge on any atom is -0.498 e. The Balaban J connectivity index is 2.20. The Morgan fingerprint density at radius 1 is 1.33 bits per heavy atom. The molecule has 1 heteroatoms. The first kappa shape index (κ1) is 8.15. The van der Waals surface area contributed by atoms with E-state index in [0.29, 0.717) is 0 Å². The van der Waals surface area contributed by atoms with Crippen LogP contribution in [0.15, 0.2) is 11.3 Å². The zero-order chi connectivity index (χ0) is 8.55. The van der Waals surface area contributed by atoms with Crippen LogP contribution in [0.2, 0.25) is 0 Å². The second-order valence-electron chi connectivity index (χ2n) is 4.35. The molecule has 2 unspecified atom stereocenters. The summed E-state index contributed by atoms with van der Waals surface area (Å²) in [6.45, 7) is 5.64. The molecular formula is C11H18O. The first-order valence-electron chi connectivity index (χ1n) is 5.12. The number of rotatable bonds is 0. The van der Waals surface area contributed by atoms with Crippen LogP contribution in [0.5, 0.6) is 0 Å². The molecule has 2 atom stereocenters. The largest absolute Gasteiger partial charge is 0.498 e. The normalized spacial score (nSPS) is 35.8. The summed E-state index contributed by atoms with van der Waals surface area (Å²) in [4.78, 5) is 0. The van der Waals surface area contributed by atoms with Gasteiger partial charge in [0.25, 0.3) is 0 Å². The fraction of sp³-hybridized carbons (Fsp3) is 0.818. The van der Waals surface area contributed by atoms with E-state index < -0.39 is 0 Å². The summed E-state index contributed by atoms with van der Waals surface area (Å²) in [5.41, 5.74) is 1.62. The van der Waals surface area contributed by atoms with Gasteiger partial charge in [0, 0.05) is 6.42 Å². The number of allylic oxidation sites excluding steroid dienone is 2. The first-order chi connectivity index (χ1) is 5.77. The average Bonchev–Trinajstić information content (AvgIpc) is 2.04. The minimum atomic E-state index is 0.782. The lowest BCUT2D eigenvalue weighted by molar-refractivity contribution is 0.146. The number of hydrogen-bond acceptors (Lipinski definition) is 1. The molecule has 1 aliphatic carbocycles. The third-order valence-corrected chi connectivity index (χ3v) is 3.11.